The molecule has 1 rings (SSSR count). The zero-order valence-corrected chi connectivity index (χ0v) is 12.2. The molecule has 0 bridgehead atoms. The molecule has 0 saturated heterocycles. The largest absolute Gasteiger partial charge is 0.444 e. The van der Waals surface area contributed by atoms with Crippen LogP contribution < -0.4 is 5.32 Å². The van der Waals surface area contributed by atoms with Gasteiger partial charge in [0.1, 0.15) is 12.3 Å². The van der Waals surface area contributed by atoms with E-state index in [1.165, 1.54) is 7.11 Å². The maximum Gasteiger partial charge on any atom is 0.410 e. The van der Waals surface area contributed by atoms with Gasteiger partial charge in [-0.05, 0) is 33.6 Å². The molecule has 19 heavy (non-hydrogen) atoms. The van der Waals surface area contributed by atoms with Crippen LogP contribution in [0.5, 0.6) is 0 Å². The van der Waals surface area contributed by atoms with Gasteiger partial charge in [0.15, 0.2) is 0 Å². The van der Waals surface area contributed by atoms with Gasteiger partial charge < -0.3 is 19.7 Å². The second-order valence-electron chi connectivity index (χ2n) is 5.69. The lowest BCUT2D eigenvalue weighted by molar-refractivity contribution is -0.122. The summed E-state index contributed by atoms with van der Waals surface area (Å²) in [5, 5.41) is 2.59. The third-order valence-corrected chi connectivity index (χ3v) is 2.61. The fraction of sp³-hybridized carbons (Fsp3) is 0.846. The number of nitrogens with zero attached hydrogens (tertiary/aromatic N) is 1. The molecule has 1 aliphatic rings. The van der Waals surface area contributed by atoms with Crippen molar-refractivity contribution in [1.82, 2.24) is 10.2 Å². The lowest BCUT2D eigenvalue weighted by Gasteiger charge is -2.27. The summed E-state index contributed by atoms with van der Waals surface area (Å²) in [6.45, 7) is 6.08. The van der Waals surface area contributed by atoms with E-state index in [9.17, 15) is 9.59 Å². The Balaban J connectivity index is 2.41. The molecule has 1 saturated carbocycles. The molecule has 0 aromatic rings. The predicted molar refractivity (Wildman–Crippen MR) is 70.6 cm³/mol. The highest BCUT2D eigenvalue weighted by atomic mass is 16.6. The summed E-state index contributed by atoms with van der Waals surface area (Å²) < 4.78 is 10.1. The Hall–Kier alpha value is -1.30. The van der Waals surface area contributed by atoms with Crippen LogP contribution in [-0.4, -0.2) is 48.9 Å². The smallest absolute Gasteiger partial charge is 0.410 e. The highest BCUT2D eigenvalue weighted by Gasteiger charge is 2.35. The van der Waals surface area contributed by atoms with Gasteiger partial charge in [-0.3, -0.25) is 4.79 Å². The number of amides is 2. The third-order valence-electron chi connectivity index (χ3n) is 2.61. The van der Waals surface area contributed by atoms with Gasteiger partial charge in [0.05, 0.1) is 0 Å². The molecule has 0 unspecified atom stereocenters. The molecule has 1 N–H and O–H groups in total. The molecule has 1 fully saturated rings. The monoisotopic (exact) mass is 272 g/mol. The normalized spacial score (nSPS) is 14.9. The van der Waals surface area contributed by atoms with Crippen LogP contribution in [0.4, 0.5) is 4.79 Å². The molecule has 6 heteroatoms. The number of rotatable bonds is 6. The SMILES string of the molecule is COCNC(=O)CCN(C(=O)OC(C)(C)C)C1CC1. The lowest BCUT2D eigenvalue weighted by atomic mass is 10.2. The molecule has 0 aliphatic heterocycles. The second-order valence-corrected chi connectivity index (χ2v) is 5.69. The summed E-state index contributed by atoms with van der Waals surface area (Å²) in [7, 11) is 1.51. The van der Waals surface area contributed by atoms with Crippen LogP contribution in [0.25, 0.3) is 0 Å². The van der Waals surface area contributed by atoms with Crippen molar-refractivity contribution in [2.24, 2.45) is 0 Å². The van der Waals surface area contributed by atoms with E-state index in [1.807, 2.05) is 20.8 Å². The molecule has 0 aromatic heterocycles. The molecule has 0 heterocycles. The molecule has 0 aromatic carbocycles. The predicted octanol–water partition coefficient (Wildman–Crippen LogP) is 1.50. The Morgan fingerprint density at radius 3 is 2.42 bits per heavy atom. The van der Waals surface area contributed by atoms with Crippen LogP contribution in [0.3, 0.4) is 0 Å². The molecule has 110 valence electrons. The van der Waals surface area contributed by atoms with Crippen LogP contribution in [0.1, 0.15) is 40.0 Å². The second kappa shape index (κ2) is 6.75. The van der Waals surface area contributed by atoms with Gasteiger partial charge in [-0.25, -0.2) is 4.79 Å². The molecule has 2 amide bonds. The Morgan fingerprint density at radius 2 is 1.95 bits per heavy atom. The van der Waals surface area contributed by atoms with E-state index in [-0.39, 0.29) is 31.2 Å². The summed E-state index contributed by atoms with van der Waals surface area (Å²) in [5.41, 5.74) is -0.511. The van der Waals surface area contributed by atoms with E-state index in [2.05, 4.69) is 5.32 Å². The molecule has 0 atom stereocenters. The van der Waals surface area contributed by atoms with Crippen molar-refractivity contribution in [3.63, 3.8) is 0 Å². The standard InChI is InChI=1S/C13H24N2O4/c1-13(2,3)19-12(17)15(10-5-6-10)8-7-11(16)14-9-18-4/h10H,5-9H2,1-4H3,(H,14,16). The Labute approximate surface area is 114 Å². The van der Waals surface area contributed by atoms with Crippen LogP contribution >= 0.6 is 0 Å². The van der Waals surface area contributed by atoms with Crippen LogP contribution in [0.15, 0.2) is 0 Å². The summed E-state index contributed by atoms with van der Waals surface area (Å²) >= 11 is 0. The lowest BCUT2D eigenvalue weighted by Crippen LogP contribution is -2.40. The van der Waals surface area contributed by atoms with Crippen molar-refractivity contribution >= 4 is 12.0 Å². The first-order valence-electron chi connectivity index (χ1n) is 6.59. The Morgan fingerprint density at radius 1 is 1.32 bits per heavy atom. The zero-order chi connectivity index (χ0) is 14.5. The minimum atomic E-state index is -0.511. The minimum absolute atomic E-state index is 0.129. The highest BCUT2D eigenvalue weighted by Crippen LogP contribution is 2.28. The van der Waals surface area contributed by atoms with Gasteiger partial charge in [-0.2, -0.15) is 0 Å². The first kappa shape index (κ1) is 15.8. The Kier molecular flexibility index (Phi) is 5.60. The van der Waals surface area contributed by atoms with E-state index in [0.29, 0.717) is 6.54 Å². The number of hydrogen-bond donors (Lipinski definition) is 1. The number of nitrogens with one attached hydrogen (secondary N) is 1. The molecule has 1 aliphatic carbocycles. The molecule has 0 radical (unpaired) electrons. The first-order chi connectivity index (χ1) is 8.83. The van der Waals surface area contributed by atoms with E-state index in [4.69, 9.17) is 9.47 Å². The van der Waals surface area contributed by atoms with Gasteiger partial charge in [0, 0.05) is 26.1 Å². The van der Waals surface area contributed by atoms with Gasteiger partial charge in [-0.15, -0.1) is 0 Å². The van der Waals surface area contributed by atoms with E-state index in [1.54, 1.807) is 4.90 Å². The fourth-order valence-electron chi connectivity index (χ4n) is 1.59. The average molecular weight is 272 g/mol. The van der Waals surface area contributed by atoms with E-state index < -0.39 is 5.60 Å². The van der Waals surface area contributed by atoms with Gasteiger partial charge in [0.2, 0.25) is 5.91 Å². The van der Waals surface area contributed by atoms with Crippen molar-refractivity contribution in [1.29, 1.82) is 0 Å². The van der Waals surface area contributed by atoms with Crippen molar-refractivity contribution < 1.29 is 19.1 Å². The first-order valence-corrected chi connectivity index (χ1v) is 6.59. The van der Waals surface area contributed by atoms with Crippen molar-refractivity contribution in [3.05, 3.63) is 0 Å². The number of methoxy groups -OCH3 is 1. The van der Waals surface area contributed by atoms with Gasteiger partial charge >= 0.3 is 6.09 Å². The molecule has 0 spiro atoms. The average Bonchev–Trinajstić information content (AvgIpc) is 3.08. The quantitative estimate of drug-likeness (QED) is 0.744. The van der Waals surface area contributed by atoms with Crippen LogP contribution in [-0.2, 0) is 14.3 Å². The minimum Gasteiger partial charge on any atom is -0.444 e. The topological polar surface area (TPSA) is 67.9 Å². The number of carbonyl (C=O) groups is 2. The van der Waals surface area contributed by atoms with Crippen molar-refractivity contribution in [3.8, 4) is 0 Å². The van der Waals surface area contributed by atoms with Crippen molar-refractivity contribution in [2.75, 3.05) is 20.4 Å². The summed E-state index contributed by atoms with van der Waals surface area (Å²) in [6.07, 6.45) is 1.89. The van der Waals surface area contributed by atoms with E-state index in [0.717, 1.165) is 12.8 Å². The summed E-state index contributed by atoms with van der Waals surface area (Å²) in [5.74, 6) is -0.129. The molecular weight excluding hydrogens is 248 g/mol. The number of hydrogen-bond acceptors (Lipinski definition) is 4. The highest BCUT2D eigenvalue weighted by molar-refractivity contribution is 5.77. The maximum atomic E-state index is 12.0. The van der Waals surface area contributed by atoms with Gasteiger partial charge in [0.25, 0.3) is 0 Å². The fourth-order valence-corrected chi connectivity index (χ4v) is 1.59. The molecule has 6 nitrogen and oxygen atoms in total. The number of ether oxygens (including phenoxy) is 2. The van der Waals surface area contributed by atoms with E-state index >= 15 is 0 Å². The third kappa shape index (κ3) is 6.42. The van der Waals surface area contributed by atoms with Crippen LogP contribution in [0, 0.1) is 0 Å². The number of carbonyl (C=O) groups excluding carboxylic acids is 2. The molecular formula is C13H24N2O4. The van der Waals surface area contributed by atoms with Gasteiger partial charge in [-0.1, -0.05) is 0 Å². The van der Waals surface area contributed by atoms with Crippen molar-refractivity contribution in [2.45, 2.75) is 51.7 Å². The maximum absolute atomic E-state index is 12.0. The summed E-state index contributed by atoms with van der Waals surface area (Å²) in [4.78, 5) is 25.2. The Bertz CT molecular complexity index is 321. The summed E-state index contributed by atoms with van der Waals surface area (Å²) in [6, 6.07) is 0.227. The van der Waals surface area contributed by atoms with Crippen LogP contribution in [0.2, 0.25) is 0 Å². The zero-order valence-electron chi connectivity index (χ0n) is 12.2.